The second-order valence-corrected chi connectivity index (χ2v) is 6.38. The molecule has 3 rings (SSSR count). The van der Waals surface area contributed by atoms with E-state index >= 15 is 0 Å². The van der Waals surface area contributed by atoms with Crippen LogP contribution in [-0.2, 0) is 0 Å². The minimum atomic E-state index is 0.601. The van der Waals surface area contributed by atoms with Gasteiger partial charge in [0, 0.05) is 31.7 Å². The van der Waals surface area contributed by atoms with Gasteiger partial charge in [-0.25, -0.2) is 9.97 Å². The average molecular weight is 338 g/mol. The first-order valence-electron chi connectivity index (χ1n) is 7.18. The van der Waals surface area contributed by atoms with E-state index in [9.17, 15) is 0 Å². The molecular formula is C14H20BrN5. The molecule has 0 amide bonds. The number of hydrogen-bond donors (Lipinski definition) is 1. The topological polar surface area (TPSA) is 45.5 Å². The van der Waals surface area contributed by atoms with Crippen molar-refractivity contribution in [2.24, 2.45) is 5.92 Å². The summed E-state index contributed by atoms with van der Waals surface area (Å²) in [6, 6.07) is 0. The highest BCUT2D eigenvalue weighted by molar-refractivity contribution is 9.10. The van der Waals surface area contributed by atoms with Crippen LogP contribution in [0.5, 0.6) is 0 Å². The Labute approximate surface area is 127 Å². The van der Waals surface area contributed by atoms with Gasteiger partial charge in [0.15, 0.2) is 11.5 Å². The largest absolute Gasteiger partial charge is 0.367 e. The zero-order valence-electron chi connectivity index (χ0n) is 11.7. The zero-order valence-corrected chi connectivity index (χ0v) is 13.3. The van der Waals surface area contributed by atoms with Crippen LogP contribution in [0, 0.1) is 5.92 Å². The maximum Gasteiger partial charge on any atom is 0.180 e. The molecule has 3 heterocycles. The lowest BCUT2D eigenvalue weighted by Gasteiger charge is -2.20. The first-order chi connectivity index (χ1) is 9.72. The molecule has 0 spiro atoms. The van der Waals surface area contributed by atoms with E-state index in [1.54, 1.807) is 6.20 Å². The Hall–Kier alpha value is -1.14. The molecule has 1 aliphatic heterocycles. The first kappa shape index (κ1) is 13.8. The second-order valence-electron chi connectivity index (χ2n) is 5.56. The highest BCUT2D eigenvalue weighted by atomic mass is 79.9. The van der Waals surface area contributed by atoms with E-state index in [0.29, 0.717) is 5.92 Å². The normalized spacial score (nSPS) is 17.7. The molecule has 0 saturated carbocycles. The Bertz CT molecular complexity index is 576. The number of likely N-dealkylation sites (tertiary alicyclic amines) is 1. The average Bonchev–Trinajstić information content (AvgIpc) is 3.06. The third kappa shape index (κ3) is 3.12. The fourth-order valence-electron chi connectivity index (χ4n) is 2.76. The fourth-order valence-corrected chi connectivity index (χ4v) is 3.16. The van der Waals surface area contributed by atoms with Crippen LogP contribution < -0.4 is 5.32 Å². The van der Waals surface area contributed by atoms with Crippen molar-refractivity contribution in [3.63, 3.8) is 0 Å². The number of anilines is 1. The van der Waals surface area contributed by atoms with Crippen LogP contribution in [0.1, 0.15) is 19.8 Å². The van der Waals surface area contributed by atoms with Crippen LogP contribution in [0.4, 0.5) is 5.82 Å². The Morgan fingerprint density at radius 3 is 3.00 bits per heavy atom. The summed E-state index contributed by atoms with van der Waals surface area (Å²) in [7, 11) is 0. The summed E-state index contributed by atoms with van der Waals surface area (Å²) < 4.78 is 2.79. The van der Waals surface area contributed by atoms with Gasteiger partial charge in [-0.1, -0.05) is 6.92 Å². The molecule has 2 aromatic heterocycles. The van der Waals surface area contributed by atoms with Gasteiger partial charge in [-0.15, -0.1) is 0 Å². The monoisotopic (exact) mass is 337 g/mol. The Kier molecular flexibility index (Phi) is 4.21. The predicted octanol–water partition coefficient (Wildman–Crippen LogP) is 2.64. The molecule has 1 N–H and O–H groups in total. The molecule has 1 aliphatic rings. The van der Waals surface area contributed by atoms with E-state index < -0.39 is 0 Å². The number of imidazole rings is 1. The van der Waals surface area contributed by atoms with Crippen LogP contribution in [-0.4, -0.2) is 45.4 Å². The molecular weight excluding hydrogens is 318 g/mol. The second kappa shape index (κ2) is 6.10. The quantitative estimate of drug-likeness (QED) is 0.910. The Morgan fingerprint density at radius 2 is 2.20 bits per heavy atom. The van der Waals surface area contributed by atoms with E-state index in [2.05, 4.69) is 43.0 Å². The maximum absolute atomic E-state index is 4.49. The van der Waals surface area contributed by atoms with E-state index in [1.165, 1.54) is 25.9 Å². The van der Waals surface area contributed by atoms with E-state index in [1.807, 2.05) is 16.8 Å². The van der Waals surface area contributed by atoms with Crippen molar-refractivity contribution in [2.75, 3.05) is 31.5 Å². The maximum atomic E-state index is 4.49. The highest BCUT2D eigenvalue weighted by Crippen LogP contribution is 2.17. The molecule has 0 aromatic carbocycles. The molecule has 1 saturated heterocycles. The lowest BCUT2D eigenvalue weighted by Crippen LogP contribution is -2.29. The lowest BCUT2D eigenvalue weighted by molar-refractivity contribution is 0.294. The molecule has 108 valence electrons. The number of nitrogens with one attached hydrogen (secondary N) is 1. The van der Waals surface area contributed by atoms with Gasteiger partial charge in [-0.05, 0) is 47.8 Å². The van der Waals surface area contributed by atoms with Gasteiger partial charge in [0.2, 0.25) is 0 Å². The summed E-state index contributed by atoms with van der Waals surface area (Å²) in [5.41, 5.74) is 0.876. The summed E-state index contributed by atoms with van der Waals surface area (Å²) >= 11 is 3.44. The van der Waals surface area contributed by atoms with E-state index in [-0.39, 0.29) is 0 Å². The first-order valence-corrected chi connectivity index (χ1v) is 7.97. The van der Waals surface area contributed by atoms with Crippen molar-refractivity contribution in [1.29, 1.82) is 0 Å². The van der Waals surface area contributed by atoms with Crippen molar-refractivity contribution >= 4 is 27.4 Å². The summed E-state index contributed by atoms with van der Waals surface area (Å²) in [6.07, 6.45) is 8.34. The van der Waals surface area contributed by atoms with Crippen molar-refractivity contribution in [3.8, 4) is 0 Å². The van der Waals surface area contributed by atoms with Crippen LogP contribution >= 0.6 is 15.9 Å². The molecule has 5 nitrogen and oxygen atoms in total. The van der Waals surface area contributed by atoms with Gasteiger partial charge in [-0.2, -0.15) is 0 Å². The Balaban J connectivity index is 1.62. The van der Waals surface area contributed by atoms with E-state index in [4.69, 9.17) is 0 Å². The molecule has 1 fully saturated rings. The van der Waals surface area contributed by atoms with Crippen molar-refractivity contribution in [2.45, 2.75) is 19.8 Å². The molecule has 2 aromatic rings. The number of hydrogen-bond acceptors (Lipinski definition) is 4. The zero-order chi connectivity index (χ0) is 13.9. The van der Waals surface area contributed by atoms with Crippen molar-refractivity contribution in [3.05, 3.63) is 23.2 Å². The van der Waals surface area contributed by atoms with Crippen LogP contribution in [0.15, 0.2) is 23.2 Å². The van der Waals surface area contributed by atoms with Gasteiger partial charge in [-0.3, -0.25) is 0 Å². The summed E-state index contributed by atoms with van der Waals surface area (Å²) in [4.78, 5) is 11.4. The minimum Gasteiger partial charge on any atom is -0.367 e. The third-order valence-electron chi connectivity index (χ3n) is 3.73. The Morgan fingerprint density at radius 1 is 1.40 bits per heavy atom. The minimum absolute atomic E-state index is 0.601. The van der Waals surface area contributed by atoms with Crippen LogP contribution in [0.25, 0.3) is 5.65 Å². The number of halogens is 1. The number of aromatic nitrogens is 3. The van der Waals surface area contributed by atoms with E-state index in [0.717, 1.165) is 29.2 Å². The summed E-state index contributed by atoms with van der Waals surface area (Å²) in [5, 5.41) is 3.44. The SMILES string of the molecule is CC(CNc1nc(Br)cn2ccnc12)CN1CCCC1. The van der Waals surface area contributed by atoms with Crippen LogP contribution in [0.3, 0.4) is 0 Å². The highest BCUT2D eigenvalue weighted by Gasteiger charge is 2.15. The van der Waals surface area contributed by atoms with Crippen molar-refractivity contribution in [1.82, 2.24) is 19.3 Å². The molecule has 1 unspecified atom stereocenters. The van der Waals surface area contributed by atoms with Gasteiger partial charge in [0.25, 0.3) is 0 Å². The smallest absolute Gasteiger partial charge is 0.180 e. The summed E-state index contributed by atoms with van der Waals surface area (Å²) in [6.45, 7) is 6.87. The van der Waals surface area contributed by atoms with Gasteiger partial charge in [0.05, 0.1) is 0 Å². The number of fused-ring (bicyclic) bond motifs is 1. The molecule has 0 radical (unpaired) electrons. The van der Waals surface area contributed by atoms with Gasteiger partial charge >= 0.3 is 0 Å². The number of nitrogens with zero attached hydrogens (tertiary/aromatic N) is 4. The van der Waals surface area contributed by atoms with Gasteiger partial charge < -0.3 is 14.6 Å². The van der Waals surface area contributed by atoms with Crippen LogP contribution in [0.2, 0.25) is 0 Å². The third-order valence-corrected chi connectivity index (χ3v) is 4.11. The number of rotatable bonds is 5. The predicted molar refractivity (Wildman–Crippen MR) is 84.0 cm³/mol. The lowest BCUT2D eigenvalue weighted by atomic mass is 10.1. The molecule has 6 heteroatoms. The fraction of sp³-hybridized carbons (Fsp3) is 0.571. The summed E-state index contributed by atoms with van der Waals surface area (Å²) in [5.74, 6) is 1.45. The molecule has 20 heavy (non-hydrogen) atoms. The molecule has 1 atom stereocenters. The van der Waals surface area contributed by atoms with Crippen molar-refractivity contribution < 1.29 is 0 Å². The molecule has 0 aliphatic carbocycles. The standard InChI is InChI=1S/C14H20BrN5/c1-11(9-19-5-2-3-6-19)8-17-13-14-16-4-7-20(14)10-12(15)18-13/h4,7,10-11H,2-3,5-6,8-9H2,1H3,(H,17,18). The molecule has 0 bridgehead atoms. The van der Waals surface area contributed by atoms with Gasteiger partial charge in [0.1, 0.15) is 4.60 Å².